The Labute approximate surface area is 219 Å². The van der Waals surface area contributed by atoms with Crippen LogP contribution >= 0.6 is 0 Å². The highest BCUT2D eigenvalue weighted by atomic mass is 15.0. The highest BCUT2D eigenvalue weighted by molar-refractivity contribution is 6.26. The van der Waals surface area contributed by atoms with E-state index in [1.54, 1.807) is 0 Å². The third kappa shape index (κ3) is 2.35. The predicted octanol–water partition coefficient (Wildman–Crippen LogP) is 8.75. The lowest BCUT2D eigenvalue weighted by Crippen LogP contribution is -2.14. The number of nitrogens with zero attached hydrogens (tertiary/aromatic N) is 3. The van der Waals surface area contributed by atoms with Gasteiger partial charge in [-0.2, -0.15) is 0 Å². The molecule has 38 heavy (non-hydrogen) atoms. The van der Waals surface area contributed by atoms with E-state index in [0.29, 0.717) is 0 Å². The van der Waals surface area contributed by atoms with Crippen LogP contribution < -0.4 is 0 Å². The minimum absolute atomic E-state index is 0.00534. The summed E-state index contributed by atoms with van der Waals surface area (Å²) in [5.41, 5.74) is 14.0. The first-order valence-corrected chi connectivity index (χ1v) is 13.2. The van der Waals surface area contributed by atoms with Crippen molar-refractivity contribution >= 4 is 49.4 Å². The molecule has 3 heterocycles. The molecule has 9 rings (SSSR count). The first-order valence-electron chi connectivity index (χ1n) is 13.2. The Morgan fingerprint density at radius 2 is 1.34 bits per heavy atom. The van der Waals surface area contributed by atoms with E-state index < -0.39 is 0 Å². The molecule has 0 atom stereocenters. The minimum Gasteiger partial charge on any atom is -0.291 e. The van der Waals surface area contributed by atoms with Crippen molar-refractivity contribution in [2.45, 2.75) is 19.3 Å². The van der Waals surface area contributed by atoms with E-state index in [2.05, 4.69) is 109 Å². The largest absolute Gasteiger partial charge is 0.291 e. The van der Waals surface area contributed by atoms with Crippen molar-refractivity contribution in [1.82, 2.24) is 14.4 Å². The summed E-state index contributed by atoms with van der Waals surface area (Å²) in [4.78, 5) is 10.4. The van der Waals surface area contributed by atoms with Crippen molar-refractivity contribution < 1.29 is 0 Å². The van der Waals surface area contributed by atoms with Gasteiger partial charge in [-0.1, -0.05) is 92.7 Å². The number of hydrogen-bond acceptors (Lipinski definition) is 2. The summed E-state index contributed by atoms with van der Waals surface area (Å²) in [5.74, 6) is 0. The molecule has 3 heteroatoms. The summed E-state index contributed by atoms with van der Waals surface area (Å²) in [5, 5.41) is 3.67. The number of para-hydroxylation sites is 3. The van der Waals surface area contributed by atoms with Crippen LogP contribution in [0.4, 0.5) is 0 Å². The number of aromatic nitrogens is 3. The molecule has 0 spiro atoms. The lowest BCUT2D eigenvalue weighted by Gasteiger charge is -2.21. The Bertz CT molecular complexity index is 2270. The summed E-state index contributed by atoms with van der Waals surface area (Å²) >= 11 is 0. The fourth-order valence-electron chi connectivity index (χ4n) is 6.96. The Morgan fingerprint density at radius 3 is 2.24 bits per heavy atom. The molecule has 1 aliphatic rings. The number of hydrogen-bond donors (Lipinski definition) is 0. The summed E-state index contributed by atoms with van der Waals surface area (Å²) in [7, 11) is 0. The van der Waals surface area contributed by atoms with Gasteiger partial charge in [-0.15, -0.1) is 0 Å². The zero-order valence-electron chi connectivity index (χ0n) is 21.2. The fraction of sp³-hybridized carbons (Fsp3) is 0.0857. The number of benzene rings is 5. The lowest BCUT2D eigenvalue weighted by molar-refractivity contribution is 0.660. The Kier molecular flexibility index (Phi) is 3.61. The maximum absolute atomic E-state index is 5.21. The van der Waals surface area contributed by atoms with Crippen LogP contribution in [0.5, 0.6) is 0 Å². The lowest BCUT2D eigenvalue weighted by atomic mass is 9.82. The van der Waals surface area contributed by atoms with Crippen molar-refractivity contribution in [3.8, 4) is 22.3 Å². The van der Waals surface area contributed by atoms with Crippen LogP contribution in [0, 0.1) is 0 Å². The summed E-state index contributed by atoms with van der Waals surface area (Å²) in [6, 6.07) is 37.2. The van der Waals surface area contributed by atoms with E-state index >= 15 is 0 Å². The van der Waals surface area contributed by atoms with E-state index in [0.717, 1.165) is 22.2 Å². The third-order valence-corrected chi connectivity index (χ3v) is 8.73. The fourth-order valence-corrected chi connectivity index (χ4v) is 6.96. The molecule has 178 valence electrons. The molecule has 3 nitrogen and oxygen atoms in total. The van der Waals surface area contributed by atoms with Crippen molar-refractivity contribution in [2.24, 2.45) is 0 Å². The van der Waals surface area contributed by atoms with Crippen molar-refractivity contribution in [3.63, 3.8) is 0 Å². The zero-order chi connectivity index (χ0) is 25.2. The van der Waals surface area contributed by atoms with Crippen LogP contribution in [0.25, 0.3) is 71.6 Å². The Hall–Kier alpha value is -4.76. The molecule has 0 saturated carbocycles. The molecule has 3 aromatic heterocycles. The highest BCUT2D eigenvalue weighted by Gasteiger charge is 2.35. The summed E-state index contributed by atoms with van der Waals surface area (Å²) in [6.45, 7) is 4.66. The number of rotatable bonds is 1. The molecule has 0 aliphatic heterocycles. The van der Waals surface area contributed by atoms with Gasteiger partial charge in [0.05, 0.1) is 22.1 Å². The first kappa shape index (κ1) is 20.3. The van der Waals surface area contributed by atoms with E-state index in [9.17, 15) is 0 Å². The molecule has 0 saturated heterocycles. The molecule has 0 unspecified atom stereocenters. The second-order valence-electron chi connectivity index (χ2n) is 11.1. The molecule has 0 fully saturated rings. The van der Waals surface area contributed by atoms with Gasteiger partial charge in [-0.05, 0) is 57.6 Å². The highest BCUT2D eigenvalue weighted by Crippen LogP contribution is 2.50. The molecule has 8 aromatic rings. The van der Waals surface area contributed by atoms with Gasteiger partial charge in [-0.3, -0.25) is 4.40 Å². The summed E-state index contributed by atoms with van der Waals surface area (Å²) < 4.78 is 2.32. The average molecular weight is 486 g/mol. The van der Waals surface area contributed by atoms with Crippen LogP contribution in [-0.4, -0.2) is 14.4 Å². The predicted molar refractivity (Wildman–Crippen MR) is 157 cm³/mol. The first-order chi connectivity index (χ1) is 18.6. The average Bonchev–Trinajstić information content (AvgIpc) is 3.54. The molecular formula is C35H23N3. The van der Waals surface area contributed by atoms with Gasteiger partial charge in [0.15, 0.2) is 5.65 Å². The Morgan fingerprint density at radius 1 is 0.605 bits per heavy atom. The molecule has 0 amide bonds. The van der Waals surface area contributed by atoms with Crippen LogP contribution in [-0.2, 0) is 5.41 Å². The van der Waals surface area contributed by atoms with E-state index in [-0.39, 0.29) is 5.41 Å². The van der Waals surface area contributed by atoms with Gasteiger partial charge in [0.25, 0.3) is 0 Å². The molecule has 0 bridgehead atoms. The van der Waals surface area contributed by atoms with Crippen LogP contribution in [0.2, 0.25) is 0 Å². The standard InChI is InChI=1S/C35H23N3/c1-35(2)26-11-5-3-9-22(26)25-19-20(15-18-27(25)35)21-16-17-24-23-10-4-8-14-30(23)38-33(24)31(21)32-34(38)37-29-13-7-6-12-28(29)36-32/h3-19H,1-2H3. The van der Waals surface area contributed by atoms with Crippen molar-refractivity contribution in [3.05, 3.63) is 114 Å². The maximum atomic E-state index is 5.21. The molecule has 5 aromatic carbocycles. The summed E-state index contributed by atoms with van der Waals surface area (Å²) in [6.07, 6.45) is 0. The second kappa shape index (κ2) is 6.76. The second-order valence-corrected chi connectivity index (χ2v) is 11.1. The molecule has 0 N–H and O–H groups in total. The van der Waals surface area contributed by atoms with Gasteiger partial charge in [0.1, 0.15) is 5.52 Å². The van der Waals surface area contributed by atoms with Crippen LogP contribution in [0.15, 0.2) is 103 Å². The van der Waals surface area contributed by atoms with Crippen molar-refractivity contribution in [2.75, 3.05) is 0 Å². The smallest absolute Gasteiger partial charge is 0.165 e. The van der Waals surface area contributed by atoms with Gasteiger partial charge in [0.2, 0.25) is 0 Å². The van der Waals surface area contributed by atoms with Gasteiger partial charge in [-0.25, -0.2) is 9.97 Å². The third-order valence-electron chi connectivity index (χ3n) is 8.73. The maximum Gasteiger partial charge on any atom is 0.165 e. The molecule has 1 aliphatic carbocycles. The molecule has 0 radical (unpaired) electrons. The monoisotopic (exact) mass is 485 g/mol. The van der Waals surface area contributed by atoms with E-state index in [1.165, 1.54) is 60.6 Å². The zero-order valence-corrected chi connectivity index (χ0v) is 21.2. The SMILES string of the molecule is CC1(C)c2ccccc2-c2cc(-c3ccc4c5ccccc5n5c6nc7ccccc7nc6c3c45)ccc21. The van der Waals surface area contributed by atoms with Crippen molar-refractivity contribution in [1.29, 1.82) is 0 Å². The van der Waals surface area contributed by atoms with Gasteiger partial charge in [0, 0.05) is 21.6 Å². The quantitative estimate of drug-likeness (QED) is 0.233. The normalized spacial score (nSPS) is 14.3. The number of fused-ring (bicyclic) bond motifs is 10. The van der Waals surface area contributed by atoms with E-state index in [4.69, 9.17) is 9.97 Å². The van der Waals surface area contributed by atoms with Gasteiger partial charge >= 0.3 is 0 Å². The van der Waals surface area contributed by atoms with Crippen LogP contribution in [0.3, 0.4) is 0 Å². The molecular weight excluding hydrogens is 462 g/mol. The van der Waals surface area contributed by atoms with Gasteiger partial charge < -0.3 is 0 Å². The topological polar surface area (TPSA) is 30.2 Å². The van der Waals surface area contributed by atoms with Crippen LogP contribution in [0.1, 0.15) is 25.0 Å². The van der Waals surface area contributed by atoms with E-state index in [1.807, 2.05) is 12.1 Å². The minimum atomic E-state index is -0.00534. The Balaban J connectivity index is 1.44.